The smallest absolute Gasteiger partial charge is 0.277 e. The molecule has 27 heavy (non-hydrogen) atoms. The Morgan fingerprint density at radius 3 is 2.70 bits per heavy atom. The number of carbonyl (C=O) groups is 1. The summed E-state index contributed by atoms with van der Waals surface area (Å²) in [5, 5.41) is 2.30. The molecule has 1 aromatic heterocycles. The number of methoxy groups -OCH3 is 1. The molecule has 6 heteroatoms. The van der Waals surface area contributed by atoms with Crippen molar-refractivity contribution in [1.82, 2.24) is 9.58 Å². The minimum Gasteiger partial charge on any atom is -0.491 e. The third kappa shape index (κ3) is 2.19. The predicted octanol–water partition coefficient (Wildman–Crippen LogP) is 2.30. The van der Waals surface area contributed by atoms with Crippen molar-refractivity contribution < 1.29 is 9.53 Å². The second-order valence-electron chi connectivity index (χ2n) is 7.70. The van der Waals surface area contributed by atoms with Crippen molar-refractivity contribution in [1.29, 1.82) is 0 Å². The third-order valence-corrected chi connectivity index (χ3v) is 6.45. The van der Waals surface area contributed by atoms with Gasteiger partial charge in [0.1, 0.15) is 6.17 Å². The van der Waals surface area contributed by atoms with Crippen molar-refractivity contribution in [2.24, 2.45) is 5.92 Å². The molecule has 1 saturated heterocycles. The van der Waals surface area contributed by atoms with Gasteiger partial charge in [0.15, 0.2) is 11.4 Å². The highest BCUT2D eigenvalue weighted by molar-refractivity contribution is 5.96. The molecular weight excluding hydrogens is 342 g/mol. The number of hydrogen-bond donors (Lipinski definition) is 0. The SMILES string of the molecule is COc1c2n(ccc1=O)N1C3c4ccccc4CCC3CCC1N(C)C2=O. The number of nitrogens with zero attached hydrogens (tertiary/aromatic N) is 3. The maximum absolute atomic E-state index is 13.1. The lowest BCUT2D eigenvalue weighted by molar-refractivity contribution is 0.0477. The molecule has 0 saturated carbocycles. The summed E-state index contributed by atoms with van der Waals surface area (Å²) in [5.41, 5.74) is 2.78. The molecule has 0 spiro atoms. The molecule has 1 amide bonds. The molecule has 1 aromatic carbocycles. The van der Waals surface area contributed by atoms with Gasteiger partial charge in [-0.15, -0.1) is 0 Å². The second-order valence-corrected chi connectivity index (χ2v) is 7.70. The Kier molecular flexibility index (Phi) is 3.57. The Bertz CT molecular complexity index is 983. The van der Waals surface area contributed by atoms with E-state index in [1.165, 1.54) is 24.3 Å². The van der Waals surface area contributed by atoms with Crippen molar-refractivity contribution in [3.05, 3.63) is 63.6 Å². The number of carbonyl (C=O) groups excluding carboxylic acids is 1. The summed E-state index contributed by atoms with van der Waals surface area (Å²) in [6.07, 6.45) is 5.99. The van der Waals surface area contributed by atoms with E-state index in [1.807, 2.05) is 11.7 Å². The van der Waals surface area contributed by atoms with Gasteiger partial charge in [-0.3, -0.25) is 19.3 Å². The summed E-state index contributed by atoms with van der Waals surface area (Å²) in [4.78, 5) is 27.1. The molecule has 2 aromatic rings. The van der Waals surface area contributed by atoms with Crippen LogP contribution in [0.2, 0.25) is 0 Å². The Hall–Kier alpha value is -2.76. The lowest BCUT2D eigenvalue weighted by Gasteiger charge is -2.55. The zero-order chi connectivity index (χ0) is 18.7. The number of hydrogen-bond acceptors (Lipinski definition) is 4. The molecule has 3 heterocycles. The first-order chi connectivity index (χ1) is 13.1. The van der Waals surface area contributed by atoms with E-state index in [1.54, 1.807) is 11.1 Å². The Morgan fingerprint density at radius 1 is 1.07 bits per heavy atom. The van der Waals surface area contributed by atoms with Crippen LogP contribution in [-0.2, 0) is 6.42 Å². The number of fused-ring (bicyclic) bond motifs is 7. The molecule has 1 fully saturated rings. The van der Waals surface area contributed by atoms with Crippen LogP contribution in [0.3, 0.4) is 0 Å². The largest absolute Gasteiger partial charge is 0.491 e. The van der Waals surface area contributed by atoms with Crippen LogP contribution in [0.5, 0.6) is 5.75 Å². The number of amides is 1. The van der Waals surface area contributed by atoms with E-state index >= 15 is 0 Å². The van der Waals surface area contributed by atoms with E-state index in [0.717, 1.165) is 25.7 Å². The van der Waals surface area contributed by atoms with E-state index in [2.05, 4.69) is 29.3 Å². The zero-order valence-corrected chi connectivity index (χ0v) is 15.6. The molecule has 0 radical (unpaired) electrons. The molecular formula is C21H23N3O3. The van der Waals surface area contributed by atoms with Crippen LogP contribution in [0.25, 0.3) is 0 Å². The average Bonchev–Trinajstić information content (AvgIpc) is 2.70. The summed E-state index contributed by atoms with van der Waals surface area (Å²) < 4.78 is 7.22. The van der Waals surface area contributed by atoms with Crippen molar-refractivity contribution in [3.8, 4) is 5.75 Å². The van der Waals surface area contributed by atoms with Crippen LogP contribution in [-0.4, -0.2) is 35.8 Å². The number of benzene rings is 1. The quantitative estimate of drug-likeness (QED) is 0.778. The Labute approximate surface area is 157 Å². The summed E-state index contributed by atoms with van der Waals surface area (Å²) in [6, 6.07) is 10.3. The lowest BCUT2D eigenvalue weighted by atomic mass is 9.74. The molecule has 0 N–H and O–H groups in total. The standard InChI is InChI=1S/C21H23N3O3/c1-22-17-10-9-14-8-7-13-5-3-4-6-15(13)18(14)24(17)23-12-11-16(25)20(27-2)19(23)21(22)26/h3-6,11-12,14,17-18H,7-10H2,1-2H3. The van der Waals surface area contributed by atoms with Gasteiger partial charge in [0.05, 0.1) is 13.2 Å². The van der Waals surface area contributed by atoms with Gasteiger partial charge < -0.3 is 9.64 Å². The van der Waals surface area contributed by atoms with Crippen molar-refractivity contribution >= 4 is 5.91 Å². The molecule has 0 bridgehead atoms. The summed E-state index contributed by atoms with van der Waals surface area (Å²) >= 11 is 0. The molecule has 3 atom stereocenters. The topological polar surface area (TPSA) is 54.8 Å². The summed E-state index contributed by atoms with van der Waals surface area (Å²) in [7, 11) is 3.28. The van der Waals surface area contributed by atoms with E-state index < -0.39 is 0 Å². The fraction of sp³-hybridized carbons (Fsp3) is 0.429. The molecule has 6 nitrogen and oxygen atoms in total. The van der Waals surface area contributed by atoms with Crippen LogP contribution in [0.4, 0.5) is 0 Å². The number of aromatic nitrogens is 1. The van der Waals surface area contributed by atoms with Gasteiger partial charge in [0.25, 0.3) is 5.91 Å². The number of aryl methyl sites for hydroxylation is 1. The minimum absolute atomic E-state index is 0.0235. The monoisotopic (exact) mass is 365 g/mol. The van der Waals surface area contributed by atoms with Gasteiger partial charge >= 0.3 is 0 Å². The maximum atomic E-state index is 13.1. The van der Waals surface area contributed by atoms with Crippen LogP contribution in [0.15, 0.2) is 41.3 Å². The fourth-order valence-corrected chi connectivity index (χ4v) is 5.19. The fourth-order valence-electron chi connectivity index (χ4n) is 5.19. The number of rotatable bonds is 1. The van der Waals surface area contributed by atoms with Crippen LogP contribution in [0, 0.1) is 5.92 Å². The predicted molar refractivity (Wildman–Crippen MR) is 102 cm³/mol. The van der Waals surface area contributed by atoms with Crippen LogP contribution in [0.1, 0.15) is 46.9 Å². The van der Waals surface area contributed by atoms with Gasteiger partial charge in [-0.25, -0.2) is 0 Å². The highest BCUT2D eigenvalue weighted by Crippen LogP contribution is 2.46. The normalized spacial score (nSPS) is 26.0. The summed E-state index contributed by atoms with van der Waals surface area (Å²) in [6.45, 7) is 0. The first-order valence-corrected chi connectivity index (χ1v) is 9.55. The second kappa shape index (κ2) is 5.87. The van der Waals surface area contributed by atoms with Crippen LogP contribution < -0.4 is 15.2 Å². The van der Waals surface area contributed by atoms with E-state index in [9.17, 15) is 9.59 Å². The third-order valence-electron chi connectivity index (χ3n) is 6.45. The molecule has 2 aliphatic heterocycles. The lowest BCUT2D eigenvalue weighted by Crippen LogP contribution is -2.64. The highest BCUT2D eigenvalue weighted by Gasteiger charge is 2.47. The van der Waals surface area contributed by atoms with E-state index in [0.29, 0.717) is 11.6 Å². The molecule has 1 aliphatic carbocycles. The number of piperidine rings is 1. The molecule has 5 rings (SSSR count). The summed E-state index contributed by atoms with van der Waals surface area (Å²) in [5.74, 6) is 0.503. The van der Waals surface area contributed by atoms with E-state index in [-0.39, 0.29) is 29.3 Å². The molecule has 3 aliphatic rings. The number of pyridine rings is 1. The average molecular weight is 365 g/mol. The van der Waals surface area contributed by atoms with E-state index in [4.69, 9.17) is 4.74 Å². The first kappa shape index (κ1) is 16.4. The zero-order valence-electron chi connectivity index (χ0n) is 15.6. The molecule has 3 unspecified atom stereocenters. The van der Waals surface area contributed by atoms with Gasteiger partial charge in [-0.1, -0.05) is 24.3 Å². The van der Waals surface area contributed by atoms with Crippen molar-refractivity contribution in [3.63, 3.8) is 0 Å². The van der Waals surface area contributed by atoms with Gasteiger partial charge in [0, 0.05) is 19.3 Å². The first-order valence-electron chi connectivity index (χ1n) is 9.55. The van der Waals surface area contributed by atoms with Gasteiger partial charge in [0.2, 0.25) is 5.43 Å². The highest BCUT2D eigenvalue weighted by atomic mass is 16.5. The van der Waals surface area contributed by atoms with Crippen LogP contribution >= 0.6 is 0 Å². The Balaban J connectivity index is 1.75. The van der Waals surface area contributed by atoms with Gasteiger partial charge in [-0.2, -0.15) is 0 Å². The molecule has 140 valence electrons. The maximum Gasteiger partial charge on any atom is 0.277 e. The van der Waals surface area contributed by atoms with Gasteiger partial charge in [-0.05, 0) is 42.7 Å². The Morgan fingerprint density at radius 2 is 1.89 bits per heavy atom. The van der Waals surface area contributed by atoms with Crippen molar-refractivity contribution in [2.75, 3.05) is 19.2 Å². The number of ether oxygens (including phenoxy) is 1. The van der Waals surface area contributed by atoms with Crippen molar-refractivity contribution in [2.45, 2.75) is 37.9 Å². The minimum atomic E-state index is -0.262.